The van der Waals surface area contributed by atoms with Crippen LogP contribution in [0.25, 0.3) is 0 Å². The maximum absolute atomic E-state index is 13.5. The number of hydrogen-bond donors (Lipinski definition) is 1. The summed E-state index contributed by atoms with van der Waals surface area (Å²) in [5.41, 5.74) is 1.42. The zero-order valence-corrected chi connectivity index (χ0v) is 12.6. The van der Waals surface area contributed by atoms with E-state index in [1.807, 2.05) is 24.3 Å². The van der Waals surface area contributed by atoms with Gasteiger partial charge >= 0.3 is 0 Å². The van der Waals surface area contributed by atoms with E-state index >= 15 is 0 Å². The van der Waals surface area contributed by atoms with Gasteiger partial charge in [0.05, 0.1) is 14.2 Å². The van der Waals surface area contributed by atoms with E-state index in [0.717, 1.165) is 11.3 Å². The van der Waals surface area contributed by atoms with E-state index in [-0.39, 0.29) is 11.7 Å². The van der Waals surface area contributed by atoms with Gasteiger partial charge in [-0.25, -0.2) is 4.39 Å². The summed E-state index contributed by atoms with van der Waals surface area (Å²) < 4.78 is 23.5. The number of carbonyl (C=O) groups excluding carboxylic acids is 1. The summed E-state index contributed by atoms with van der Waals surface area (Å²) in [6.07, 6.45) is 0.891. The highest BCUT2D eigenvalue weighted by atomic mass is 19.1. The average molecular weight is 303 g/mol. The maximum Gasteiger partial charge on any atom is 0.224 e. The van der Waals surface area contributed by atoms with Crippen molar-refractivity contribution in [3.05, 3.63) is 53.8 Å². The van der Waals surface area contributed by atoms with Crippen LogP contribution in [0, 0.1) is 5.82 Å². The Labute approximate surface area is 128 Å². The first-order valence-corrected chi connectivity index (χ1v) is 6.88. The number of hydrogen-bond acceptors (Lipinski definition) is 3. The number of methoxy groups -OCH3 is 2. The van der Waals surface area contributed by atoms with E-state index in [2.05, 4.69) is 5.32 Å². The van der Waals surface area contributed by atoms with E-state index in [0.29, 0.717) is 18.5 Å². The number of ether oxygens (including phenoxy) is 2. The number of aryl methyl sites for hydroxylation is 1. The summed E-state index contributed by atoms with van der Waals surface area (Å²) in [5.74, 6) is 0.227. The lowest BCUT2D eigenvalue weighted by molar-refractivity contribution is -0.116. The van der Waals surface area contributed by atoms with Crippen molar-refractivity contribution in [2.24, 2.45) is 0 Å². The third kappa shape index (κ3) is 4.22. The van der Waals surface area contributed by atoms with E-state index < -0.39 is 5.82 Å². The molecule has 0 spiro atoms. The second-order valence-corrected chi connectivity index (χ2v) is 4.75. The van der Waals surface area contributed by atoms with Gasteiger partial charge in [-0.1, -0.05) is 12.1 Å². The van der Waals surface area contributed by atoms with Gasteiger partial charge in [0, 0.05) is 18.2 Å². The van der Waals surface area contributed by atoms with Gasteiger partial charge in [-0.15, -0.1) is 0 Å². The van der Waals surface area contributed by atoms with Crippen molar-refractivity contribution in [1.29, 1.82) is 0 Å². The van der Waals surface area contributed by atoms with Crippen molar-refractivity contribution in [1.82, 2.24) is 0 Å². The molecule has 22 heavy (non-hydrogen) atoms. The lowest BCUT2D eigenvalue weighted by atomic mass is 10.1. The molecule has 0 aromatic heterocycles. The molecule has 1 amide bonds. The standard InChI is InChI=1S/C17H18FNO3/c1-21-14-5-3-4-12(10-14)6-9-17(20)19-13-7-8-16(22-2)15(18)11-13/h3-5,7-8,10-11H,6,9H2,1-2H3,(H,19,20). The third-order valence-corrected chi connectivity index (χ3v) is 3.21. The molecule has 116 valence electrons. The summed E-state index contributed by atoms with van der Waals surface area (Å²) in [7, 11) is 2.99. The number of benzene rings is 2. The fourth-order valence-corrected chi connectivity index (χ4v) is 2.05. The van der Waals surface area contributed by atoms with Crippen LogP contribution in [0.5, 0.6) is 11.5 Å². The Kier molecular flexibility index (Phi) is 5.36. The van der Waals surface area contributed by atoms with Gasteiger partial charge in [-0.05, 0) is 36.2 Å². The van der Waals surface area contributed by atoms with Gasteiger partial charge < -0.3 is 14.8 Å². The number of rotatable bonds is 6. The molecule has 1 N–H and O–H groups in total. The molecule has 0 aliphatic rings. The highest BCUT2D eigenvalue weighted by Gasteiger charge is 2.07. The molecule has 0 saturated carbocycles. The van der Waals surface area contributed by atoms with Gasteiger partial charge in [-0.3, -0.25) is 4.79 Å². The predicted octanol–water partition coefficient (Wildman–Crippen LogP) is 3.41. The van der Waals surface area contributed by atoms with Gasteiger partial charge in [0.1, 0.15) is 5.75 Å². The molecule has 0 fully saturated rings. The smallest absolute Gasteiger partial charge is 0.224 e. The van der Waals surface area contributed by atoms with E-state index in [9.17, 15) is 9.18 Å². The van der Waals surface area contributed by atoms with Crippen molar-refractivity contribution in [3.8, 4) is 11.5 Å². The Hall–Kier alpha value is -2.56. The topological polar surface area (TPSA) is 47.6 Å². The number of anilines is 1. The first-order chi connectivity index (χ1) is 10.6. The Morgan fingerprint density at radius 3 is 2.64 bits per heavy atom. The van der Waals surface area contributed by atoms with E-state index in [1.165, 1.54) is 19.2 Å². The zero-order chi connectivity index (χ0) is 15.9. The molecule has 5 heteroatoms. The van der Waals surface area contributed by atoms with Crippen molar-refractivity contribution >= 4 is 11.6 Å². The SMILES string of the molecule is COc1cccc(CCC(=O)Nc2ccc(OC)c(F)c2)c1. The van der Waals surface area contributed by atoms with Gasteiger partial charge in [0.25, 0.3) is 0 Å². The monoisotopic (exact) mass is 303 g/mol. The van der Waals surface area contributed by atoms with Crippen LogP contribution in [0.4, 0.5) is 10.1 Å². The van der Waals surface area contributed by atoms with Crippen molar-refractivity contribution in [3.63, 3.8) is 0 Å². The number of carbonyl (C=O) groups is 1. The molecule has 0 unspecified atom stereocenters. The minimum Gasteiger partial charge on any atom is -0.497 e. The number of amides is 1. The summed E-state index contributed by atoms with van der Waals surface area (Å²) in [5, 5.41) is 2.67. The Morgan fingerprint density at radius 1 is 1.14 bits per heavy atom. The van der Waals surface area contributed by atoms with E-state index in [1.54, 1.807) is 13.2 Å². The van der Waals surface area contributed by atoms with Crippen molar-refractivity contribution in [2.75, 3.05) is 19.5 Å². The highest BCUT2D eigenvalue weighted by Crippen LogP contribution is 2.21. The second kappa shape index (κ2) is 7.45. The van der Waals surface area contributed by atoms with E-state index in [4.69, 9.17) is 9.47 Å². The number of nitrogens with one attached hydrogen (secondary N) is 1. The van der Waals surface area contributed by atoms with Crippen LogP contribution in [-0.2, 0) is 11.2 Å². The van der Waals surface area contributed by atoms with Crippen LogP contribution in [0.15, 0.2) is 42.5 Å². The van der Waals surface area contributed by atoms with Gasteiger partial charge in [0.2, 0.25) is 5.91 Å². The van der Waals surface area contributed by atoms with Crippen LogP contribution < -0.4 is 14.8 Å². The molecular weight excluding hydrogens is 285 g/mol. The fourth-order valence-electron chi connectivity index (χ4n) is 2.05. The maximum atomic E-state index is 13.5. The Bertz CT molecular complexity index is 658. The lowest BCUT2D eigenvalue weighted by Crippen LogP contribution is -2.12. The highest BCUT2D eigenvalue weighted by molar-refractivity contribution is 5.90. The molecule has 0 aliphatic carbocycles. The molecular formula is C17H18FNO3. The van der Waals surface area contributed by atoms with Crippen LogP contribution in [0.2, 0.25) is 0 Å². The van der Waals surface area contributed by atoms with Crippen LogP contribution in [-0.4, -0.2) is 20.1 Å². The fraction of sp³-hybridized carbons (Fsp3) is 0.235. The molecule has 0 atom stereocenters. The van der Waals surface area contributed by atoms with Crippen molar-refractivity contribution in [2.45, 2.75) is 12.8 Å². The largest absolute Gasteiger partial charge is 0.497 e. The first-order valence-electron chi connectivity index (χ1n) is 6.88. The average Bonchev–Trinajstić information content (AvgIpc) is 2.53. The Morgan fingerprint density at radius 2 is 1.95 bits per heavy atom. The quantitative estimate of drug-likeness (QED) is 0.889. The minimum atomic E-state index is -0.506. The predicted molar refractivity (Wildman–Crippen MR) is 82.9 cm³/mol. The molecule has 2 aromatic carbocycles. The normalized spacial score (nSPS) is 10.1. The second-order valence-electron chi connectivity index (χ2n) is 4.75. The molecule has 0 aliphatic heterocycles. The summed E-state index contributed by atoms with van der Waals surface area (Å²) in [4.78, 5) is 11.9. The summed E-state index contributed by atoms with van der Waals surface area (Å²) >= 11 is 0. The summed E-state index contributed by atoms with van der Waals surface area (Å²) in [6.45, 7) is 0. The van der Waals surface area contributed by atoms with Crippen molar-refractivity contribution < 1.29 is 18.7 Å². The zero-order valence-electron chi connectivity index (χ0n) is 12.6. The molecule has 0 saturated heterocycles. The molecule has 2 aromatic rings. The summed E-state index contributed by atoms with van der Waals surface area (Å²) in [6, 6.07) is 11.9. The van der Waals surface area contributed by atoms with Crippen LogP contribution in [0.1, 0.15) is 12.0 Å². The first kappa shape index (κ1) is 15.8. The molecule has 2 rings (SSSR count). The molecule has 0 bridgehead atoms. The number of halogens is 1. The molecule has 4 nitrogen and oxygen atoms in total. The minimum absolute atomic E-state index is 0.148. The van der Waals surface area contributed by atoms with Gasteiger partial charge in [0.15, 0.2) is 11.6 Å². The third-order valence-electron chi connectivity index (χ3n) is 3.21. The molecule has 0 radical (unpaired) electrons. The van der Waals surface area contributed by atoms with Gasteiger partial charge in [-0.2, -0.15) is 0 Å². The lowest BCUT2D eigenvalue weighted by Gasteiger charge is -2.08. The van der Waals surface area contributed by atoms with Crippen LogP contribution in [0.3, 0.4) is 0 Å². The molecule has 0 heterocycles. The Balaban J connectivity index is 1.91. The van der Waals surface area contributed by atoms with Crippen LogP contribution >= 0.6 is 0 Å².